The molecule has 8 heteroatoms. The van der Waals surface area contributed by atoms with Gasteiger partial charge in [0.15, 0.2) is 11.5 Å². The largest absolute Gasteiger partial charge is 0.454 e. The molecular formula is C21H25N5O3. The third kappa shape index (κ3) is 3.85. The summed E-state index contributed by atoms with van der Waals surface area (Å²) in [5, 5.41) is 0. The molecule has 0 saturated carbocycles. The standard InChI is InChI=1S/C21H25N5O3/c27-21(17-12-23-20(13-22-17)25-5-1-2-6-25)26-9-7-24(8-10-26)14-16-3-4-18-19(11-16)29-15-28-18/h3-4,11-13H,1-2,5-10,14-15H2. The van der Waals surface area contributed by atoms with Crippen molar-refractivity contribution in [3.8, 4) is 11.5 Å². The zero-order valence-corrected chi connectivity index (χ0v) is 16.4. The van der Waals surface area contributed by atoms with Crippen LogP contribution in [0.15, 0.2) is 30.6 Å². The van der Waals surface area contributed by atoms with E-state index >= 15 is 0 Å². The van der Waals surface area contributed by atoms with Gasteiger partial charge in [-0.1, -0.05) is 6.07 Å². The molecule has 0 radical (unpaired) electrons. The monoisotopic (exact) mass is 395 g/mol. The Hall–Kier alpha value is -2.87. The van der Waals surface area contributed by atoms with Gasteiger partial charge in [0.1, 0.15) is 11.5 Å². The number of amides is 1. The Morgan fingerprint density at radius 3 is 2.48 bits per heavy atom. The molecule has 29 heavy (non-hydrogen) atoms. The summed E-state index contributed by atoms with van der Waals surface area (Å²) in [6.45, 7) is 6.22. The number of carbonyl (C=O) groups is 1. The molecule has 2 fully saturated rings. The molecule has 0 N–H and O–H groups in total. The number of rotatable bonds is 4. The Morgan fingerprint density at radius 2 is 1.72 bits per heavy atom. The highest BCUT2D eigenvalue weighted by Gasteiger charge is 2.24. The smallest absolute Gasteiger partial charge is 0.274 e. The van der Waals surface area contributed by atoms with Crippen LogP contribution in [0.25, 0.3) is 0 Å². The van der Waals surface area contributed by atoms with Gasteiger partial charge in [-0.2, -0.15) is 0 Å². The lowest BCUT2D eigenvalue weighted by Gasteiger charge is -2.34. The highest BCUT2D eigenvalue weighted by molar-refractivity contribution is 5.92. The van der Waals surface area contributed by atoms with Crippen LogP contribution >= 0.6 is 0 Å². The van der Waals surface area contributed by atoms with Crippen molar-refractivity contribution >= 4 is 11.7 Å². The molecule has 8 nitrogen and oxygen atoms in total. The van der Waals surface area contributed by atoms with Gasteiger partial charge in [-0.05, 0) is 30.5 Å². The van der Waals surface area contributed by atoms with Crippen molar-refractivity contribution in [3.05, 3.63) is 41.9 Å². The fourth-order valence-corrected chi connectivity index (χ4v) is 4.11. The molecule has 152 valence electrons. The van der Waals surface area contributed by atoms with Crippen molar-refractivity contribution in [2.24, 2.45) is 0 Å². The van der Waals surface area contributed by atoms with Gasteiger partial charge in [0.2, 0.25) is 6.79 Å². The second-order valence-corrected chi connectivity index (χ2v) is 7.71. The first kappa shape index (κ1) is 18.2. The first-order chi connectivity index (χ1) is 14.3. The zero-order chi connectivity index (χ0) is 19.6. The maximum atomic E-state index is 12.8. The van der Waals surface area contributed by atoms with E-state index in [-0.39, 0.29) is 5.91 Å². The van der Waals surface area contributed by atoms with E-state index in [0.717, 1.165) is 50.0 Å². The summed E-state index contributed by atoms with van der Waals surface area (Å²) in [7, 11) is 0. The number of carbonyl (C=O) groups excluding carboxylic acids is 1. The number of anilines is 1. The molecule has 0 bridgehead atoms. The molecule has 5 rings (SSSR count). The number of piperazine rings is 1. The SMILES string of the molecule is O=C(c1cnc(N2CCCC2)cn1)N1CCN(Cc2ccc3c(c2)OCO3)CC1. The lowest BCUT2D eigenvalue weighted by molar-refractivity contribution is 0.0622. The van der Waals surface area contributed by atoms with Crippen LogP contribution in [-0.4, -0.2) is 71.7 Å². The quantitative estimate of drug-likeness (QED) is 0.781. The van der Waals surface area contributed by atoms with Crippen molar-refractivity contribution in [2.75, 3.05) is 51.0 Å². The Bertz CT molecular complexity index is 874. The molecule has 3 aliphatic heterocycles. The van der Waals surface area contributed by atoms with Crippen LogP contribution in [0, 0.1) is 0 Å². The van der Waals surface area contributed by atoms with Gasteiger partial charge in [0.25, 0.3) is 5.91 Å². The van der Waals surface area contributed by atoms with Gasteiger partial charge in [0, 0.05) is 45.8 Å². The van der Waals surface area contributed by atoms with Crippen molar-refractivity contribution in [3.63, 3.8) is 0 Å². The van der Waals surface area contributed by atoms with Crippen LogP contribution in [-0.2, 0) is 6.54 Å². The second-order valence-electron chi connectivity index (χ2n) is 7.71. The second kappa shape index (κ2) is 7.87. The van der Waals surface area contributed by atoms with E-state index in [9.17, 15) is 4.79 Å². The molecule has 4 heterocycles. The topological polar surface area (TPSA) is 71.0 Å². The molecule has 2 saturated heterocycles. The van der Waals surface area contributed by atoms with E-state index in [0.29, 0.717) is 25.6 Å². The van der Waals surface area contributed by atoms with Gasteiger partial charge in [-0.25, -0.2) is 9.97 Å². The minimum atomic E-state index is -0.0341. The molecule has 2 aromatic rings. The normalized spacial score (nSPS) is 19.0. The number of hydrogen-bond acceptors (Lipinski definition) is 7. The minimum Gasteiger partial charge on any atom is -0.454 e. The van der Waals surface area contributed by atoms with Crippen LogP contribution in [0.1, 0.15) is 28.9 Å². The molecule has 0 aliphatic carbocycles. The van der Waals surface area contributed by atoms with Crippen LogP contribution in [0.2, 0.25) is 0 Å². The third-order valence-corrected chi connectivity index (χ3v) is 5.79. The number of benzene rings is 1. The molecule has 1 aromatic carbocycles. The number of ether oxygens (including phenoxy) is 2. The maximum Gasteiger partial charge on any atom is 0.274 e. The Kier molecular flexibility index (Phi) is 4.93. The lowest BCUT2D eigenvalue weighted by atomic mass is 10.1. The summed E-state index contributed by atoms with van der Waals surface area (Å²) in [4.78, 5) is 28.1. The Balaban J connectivity index is 1.15. The van der Waals surface area contributed by atoms with E-state index in [4.69, 9.17) is 9.47 Å². The van der Waals surface area contributed by atoms with Crippen LogP contribution in [0.5, 0.6) is 11.5 Å². The van der Waals surface area contributed by atoms with Gasteiger partial charge in [-0.15, -0.1) is 0 Å². The number of hydrogen-bond donors (Lipinski definition) is 0. The molecule has 0 atom stereocenters. The van der Waals surface area contributed by atoms with Gasteiger partial charge < -0.3 is 19.3 Å². The number of nitrogens with zero attached hydrogens (tertiary/aromatic N) is 5. The van der Waals surface area contributed by atoms with E-state index < -0.39 is 0 Å². The Morgan fingerprint density at radius 1 is 0.931 bits per heavy atom. The van der Waals surface area contributed by atoms with Gasteiger partial charge >= 0.3 is 0 Å². The summed E-state index contributed by atoms with van der Waals surface area (Å²) in [6, 6.07) is 6.07. The van der Waals surface area contributed by atoms with E-state index in [1.165, 1.54) is 18.4 Å². The van der Waals surface area contributed by atoms with Crippen molar-refractivity contribution < 1.29 is 14.3 Å². The van der Waals surface area contributed by atoms with Crippen LogP contribution in [0.4, 0.5) is 5.82 Å². The lowest BCUT2D eigenvalue weighted by Crippen LogP contribution is -2.48. The molecular weight excluding hydrogens is 370 g/mol. The molecule has 1 amide bonds. The molecule has 0 spiro atoms. The predicted octanol–water partition coefficient (Wildman–Crippen LogP) is 1.76. The molecule has 1 aromatic heterocycles. The zero-order valence-electron chi connectivity index (χ0n) is 16.4. The van der Waals surface area contributed by atoms with Crippen LogP contribution in [0.3, 0.4) is 0 Å². The van der Waals surface area contributed by atoms with E-state index in [2.05, 4.69) is 25.8 Å². The molecule has 3 aliphatic rings. The summed E-state index contributed by atoms with van der Waals surface area (Å²) in [6.07, 6.45) is 5.74. The first-order valence-corrected chi connectivity index (χ1v) is 10.2. The first-order valence-electron chi connectivity index (χ1n) is 10.2. The summed E-state index contributed by atoms with van der Waals surface area (Å²) in [5.74, 6) is 2.45. The third-order valence-electron chi connectivity index (χ3n) is 5.79. The summed E-state index contributed by atoms with van der Waals surface area (Å²) < 4.78 is 10.8. The van der Waals surface area contributed by atoms with Crippen molar-refractivity contribution in [1.82, 2.24) is 19.8 Å². The number of fused-ring (bicyclic) bond motifs is 1. The predicted molar refractivity (Wildman–Crippen MR) is 107 cm³/mol. The maximum absolute atomic E-state index is 12.8. The fourth-order valence-electron chi connectivity index (χ4n) is 4.11. The van der Waals surface area contributed by atoms with E-state index in [1.54, 1.807) is 12.4 Å². The van der Waals surface area contributed by atoms with Crippen molar-refractivity contribution in [1.29, 1.82) is 0 Å². The Labute approximate surface area is 170 Å². The van der Waals surface area contributed by atoms with E-state index in [1.807, 2.05) is 17.0 Å². The number of aromatic nitrogens is 2. The molecule has 0 unspecified atom stereocenters. The average molecular weight is 395 g/mol. The van der Waals surface area contributed by atoms with Crippen molar-refractivity contribution in [2.45, 2.75) is 19.4 Å². The minimum absolute atomic E-state index is 0.0341. The van der Waals surface area contributed by atoms with Gasteiger partial charge in [-0.3, -0.25) is 9.69 Å². The highest BCUT2D eigenvalue weighted by Crippen LogP contribution is 2.32. The average Bonchev–Trinajstić information content (AvgIpc) is 3.46. The summed E-state index contributed by atoms with van der Waals surface area (Å²) >= 11 is 0. The summed E-state index contributed by atoms with van der Waals surface area (Å²) in [5.41, 5.74) is 1.62. The highest BCUT2D eigenvalue weighted by atomic mass is 16.7. The van der Waals surface area contributed by atoms with Crippen LogP contribution < -0.4 is 14.4 Å². The fraction of sp³-hybridized carbons (Fsp3) is 0.476. The van der Waals surface area contributed by atoms with Gasteiger partial charge in [0.05, 0.1) is 12.4 Å².